The maximum atomic E-state index is 11.8. The van der Waals surface area contributed by atoms with E-state index in [0.29, 0.717) is 13.2 Å². The third-order valence-electron chi connectivity index (χ3n) is 3.29. The molecule has 5 heteroatoms. The van der Waals surface area contributed by atoms with Gasteiger partial charge in [-0.15, -0.1) is 0 Å². The Hall–Kier alpha value is -2.14. The Morgan fingerprint density at radius 3 is 3.00 bits per heavy atom. The van der Waals surface area contributed by atoms with Crippen molar-refractivity contribution in [2.45, 2.75) is 25.5 Å². The van der Waals surface area contributed by atoms with Gasteiger partial charge in [-0.2, -0.15) is 0 Å². The van der Waals surface area contributed by atoms with Crippen LogP contribution in [0.15, 0.2) is 41.1 Å². The molecule has 0 saturated carbocycles. The van der Waals surface area contributed by atoms with Gasteiger partial charge in [0.15, 0.2) is 5.76 Å². The van der Waals surface area contributed by atoms with Crippen LogP contribution in [0, 0.1) is 0 Å². The molecule has 1 fully saturated rings. The summed E-state index contributed by atoms with van der Waals surface area (Å²) in [5.74, 6) is 0.692. The minimum atomic E-state index is -0.287. The van der Waals surface area contributed by atoms with E-state index in [1.165, 1.54) is 0 Å². The fourth-order valence-electron chi connectivity index (χ4n) is 2.19. The van der Waals surface area contributed by atoms with E-state index in [2.05, 4.69) is 10.3 Å². The molecule has 2 aromatic rings. The topological polar surface area (TPSA) is 64.4 Å². The van der Waals surface area contributed by atoms with E-state index in [1.807, 2.05) is 24.3 Å². The predicted octanol–water partition coefficient (Wildman–Crippen LogP) is 2.14. The number of amides is 1. The van der Waals surface area contributed by atoms with Crippen molar-refractivity contribution in [1.82, 2.24) is 10.3 Å². The summed E-state index contributed by atoms with van der Waals surface area (Å²) in [6.07, 6.45) is 4.84. The molecule has 1 aliphatic rings. The monoisotopic (exact) mass is 272 g/mol. The van der Waals surface area contributed by atoms with Gasteiger partial charge in [-0.1, -0.05) is 6.07 Å². The molecule has 1 aliphatic heterocycles. The zero-order valence-corrected chi connectivity index (χ0v) is 11.0. The van der Waals surface area contributed by atoms with Crippen LogP contribution in [0.4, 0.5) is 0 Å². The standard InChI is InChI=1S/C15H16N2O3/c18-15(14-4-2-8-20-14)17-10-11-5-6-12(16-9-11)13-3-1-7-19-13/h1,3,5-7,9,14H,2,4,8,10H2,(H,17,18)/t14-/m1/s1. The lowest BCUT2D eigenvalue weighted by atomic mass is 10.2. The first kappa shape index (κ1) is 12.9. The quantitative estimate of drug-likeness (QED) is 0.926. The third-order valence-corrected chi connectivity index (χ3v) is 3.29. The fourth-order valence-corrected chi connectivity index (χ4v) is 2.19. The first-order valence-corrected chi connectivity index (χ1v) is 6.71. The van der Waals surface area contributed by atoms with Crippen LogP contribution in [0.2, 0.25) is 0 Å². The molecular formula is C15H16N2O3. The van der Waals surface area contributed by atoms with Crippen molar-refractivity contribution in [3.05, 3.63) is 42.3 Å². The van der Waals surface area contributed by atoms with Crippen molar-refractivity contribution >= 4 is 5.91 Å². The second kappa shape index (κ2) is 5.88. The highest BCUT2D eigenvalue weighted by molar-refractivity contribution is 5.80. The summed E-state index contributed by atoms with van der Waals surface area (Å²) in [6.45, 7) is 1.14. The summed E-state index contributed by atoms with van der Waals surface area (Å²) in [5, 5.41) is 2.87. The van der Waals surface area contributed by atoms with Crippen LogP contribution in [0.1, 0.15) is 18.4 Å². The molecule has 2 aromatic heterocycles. The first-order valence-electron chi connectivity index (χ1n) is 6.71. The summed E-state index contributed by atoms with van der Waals surface area (Å²) in [5.41, 5.74) is 1.73. The molecule has 1 saturated heterocycles. The van der Waals surface area contributed by atoms with Crippen LogP contribution >= 0.6 is 0 Å². The van der Waals surface area contributed by atoms with E-state index in [0.717, 1.165) is 29.9 Å². The van der Waals surface area contributed by atoms with E-state index >= 15 is 0 Å². The Labute approximate surface area is 117 Å². The largest absolute Gasteiger partial charge is 0.463 e. The number of hydrogen-bond donors (Lipinski definition) is 1. The van der Waals surface area contributed by atoms with Gasteiger partial charge in [-0.25, -0.2) is 0 Å². The van der Waals surface area contributed by atoms with Gasteiger partial charge in [-0.3, -0.25) is 9.78 Å². The Morgan fingerprint density at radius 1 is 1.40 bits per heavy atom. The number of nitrogens with one attached hydrogen (secondary N) is 1. The second-order valence-electron chi connectivity index (χ2n) is 4.75. The number of carbonyl (C=O) groups is 1. The Bertz CT molecular complexity index is 557. The molecule has 0 radical (unpaired) electrons. The average molecular weight is 272 g/mol. The SMILES string of the molecule is O=C(NCc1ccc(-c2ccco2)nc1)[C@H]1CCCO1. The van der Waals surface area contributed by atoms with Gasteiger partial charge in [0.25, 0.3) is 0 Å². The molecule has 0 bridgehead atoms. The molecule has 20 heavy (non-hydrogen) atoms. The summed E-state index contributed by atoms with van der Waals surface area (Å²) < 4.78 is 10.6. The van der Waals surface area contributed by atoms with Crippen LogP contribution in [-0.2, 0) is 16.1 Å². The van der Waals surface area contributed by atoms with Crippen LogP contribution in [0.25, 0.3) is 11.5 Å². The first-order chi connectivity index (χ1) is 9.83. The van der Waals surface area contributed by atoms with Crippen LogP contribution in [-0.4, -0.2) is 23.6 Å². The van der Waals surface area contributed by atoms with Crippen molar-refractivity contribution in [2.24, 2.45) is 0 Å². The van der Waals surface area contributed by atoms with Gasteiger partial charge in [0.2, 0.25) is 5.91 Å². The van der Waals surface area contributed by atoms with Crippen molar-refractivity contribution in [1.29, 1.82) is 0 Å². The van der Waals surface area contributed by atoms with Crippen molar-refractivity contribution in [3.8, 4) is 11.5 Å². The van der Waals surface area contributed by atoms with Crippen molar-refractivity contribution in [3.63, 3.8) is 0 Å². The number of pyridine rings is 1. The second-order valence-corrected chi connectivity index (χ2v) is 4.75. The number of furan rings is 1. The number of ether oxygens (including phenoxy) is 1. The summed E-state index contributed by atoms with van der Waals surface area (Å²) in [7, 11) is 0. The lowest BCUT2D eigenvalue weighted by Crippen LogP contribution is -2.33. The zero-order chi connectivity index (χ0) is 13.8. The molecule has 1 atom stereocenters. The van der Waals surface area contributed by atoms with Gasteiger partial charge >= 0.3 is 0 Å². The maximum absolute atomic E-state index is 11.8. The van der Waals surface area contributed by atoms with Crippen molar-refractivity contribution < 1.29 is 13.9 Å². The van der Waals surface area contributed by atoms with Gasteiger partial charge < -0.3 is 14.5 Å². The van der Waals surface area contributed by atoms with Crippen LogP contribution in [0.5, 0.6) is 0 Å². The van der Waals surface area contributed by atoms with E-state index < -0.39 is 0 Å². The summed E-state index contributed by atoms with van der Waals surface area (Å²) in [4.78, 5) is 16.1. The van der Waals surface area contributed by atoms with Crippen LogP contribution < -0.4 is 5.32 Å². The molecule has 104 valence electrons. The molecular weight excluding hydrogens is 256 g/mol. The Kier molecular flexibility index (Phi) is 3.78. The smallest absolute Gasteiger partial charge is 0.249 e. The number of nitrogens with zero attached hydrogens (tertiary/aromatic N) is 1. The summed E-state index contributed by atoms with van der Waals surface area (Å²) >= 11 is 0. The molecule has 1 N–H and O–H groups in total. The van der Waals surface area contributed by atoms with E-state index in [9.17, 15) is 4.79 Å². The third kappa shape index (κ3) is 2.88. The van der Waals surface area contributed by atoms with E-state index in [4.69, 9.17) is 9.15 Å². The number of rotatable bonds is 4. The zero-order valence-electron chi connectivity index (χ0n) is 11.0. The van der Waals surface area contributed by atoms with Crippen LogP contribution in [0.3, 0.4) is 0 Å². The van der Waals surface area contributed by atoms with Gasteiger partial charge in [0.1, 0.15) is 11.8 Å². The number of hydrogen-bond acceptors (Lipinski definition) is 4. The lowest BCUT2D eigenvalue weighted by molar-refractivity contribution is -0.130. The Morgan fingerprint density at radius 2 is 2.35 bits per heavy atom. The molecule has 3 heterocycles. The highest BCUT2D eigenvalue weighted by Gasteiger charge is 2.22. The minimum Gasteiger partial charge on any atom is -0.463 e. The molecule has 0 spiro atoms. The molecule has 3 rings (SSSR count). The summed E-state index contributed by atoms with van der Waals surface area (Å²) in [6, 6.07) is 7.50. The van der Waals surface area contributed by atoms with E-state index in [1.54, 1.807) is 12.5 Å². The molecule has 0 aromatic carbocycles. The van der Waals surface area contributed by atoms with E-state index in [-0.39, 0.29) is 12.0 Å². The molecule has 0 unspecified atom stereocenters. The van der Waals surface area contributed by atoms with Gasteiger partial charge in [-0.05, 0) is 36.6 Å². The molecule has 0 aliphatic carbocycles. The molecule has 1 amide bonds. The van der Waals surface area contributed by atoms with Crippen molar-refractivity contribution in [2.75, 3.05) is 6.61 Å². The average Bonchev–Trinajstić information content (AvgIpc) is 3.18. The maximum Gasteiger partial charge on any atom is 0.249 e. The normalized spacial score (nSPS) is 18.1. The minimum absolute atomic E-state index is 0.0439. The Balaban J connectivity index is 1.57. The lowest BCUT2D eigenvalue weighted by Gasteiger charge is -2.10. The van der Waals surface area contributed by atoms with Gasteiger partial charge in [0.05, 0.1) is 6.26 Å². The number of carbonyl (C=O) groups excluding carboxylic acids is 1. The fraction of sp³-hybridized carbons (Fsp3) is 0.333. The highest BCUT2D eigenvalue weighted by atomic mass is 16.5. The predicted molar refractivity (Wildman–Crippen MR) is 72.8 cm³/mol. The molecule has 5 nitrogen and oxygen atoms in total. The van der Waals surface area contributed by atoms with Gasteiger partial charge in [0, 0.05) is 19.3 Å². The highest BCUT2D eigenvalue weighted by Crippen LogP contribution is 2.17. The number of aromatic nitrogens is 1.